The van der Waals surface area contributed by atoms with Gasteiger partial charge in [0, 0.05) is 19.1 Å². The minimum atomic E-state index is 0.136. The Kier molecular flexibility index (Phi) is 5.65. The van der Waals surface area contributed by atoms with Gasteiger partial charge in [0.1, 0.15) is 0 Å². The second-order valence-corrected chi connectivity index (χ2v) is 4.07. The highest BCUT2D eigenvalue weighted by Gasteiger charge is 2.18. The second-order valence-electron chi connectivity index (χ2n) is 4.07. The van der Waals surface area contributed by atoms with Gasteiger partial charge in [-0.2, -0.15) is 0 Å². The largest absolute Gasteiger partial charge is 0.355 e. The van der Waals surface area contributed by atoms with Gasteiger partial charge >= 0.3 is 0 Å². The molecule has 4 nitrogen and oxygen atoms in total. The molecule has 1 fully saturated rings. The Labute approximate surface area is 92.4 Å². The molecule has 0 aromatic heterocycles. The molecule has 1 atom stereocenters. The van der Waals surface area contributed by atoms with Crippen LogP contribution in [-0.2, 0) is 4.79 Å². The summed E-state index contributed by atoms with van der Waals surface area (Å²) in [5.41, 5.74) is 0. The zero-order valence-corrected chi connectivity index (χ0v) is 9.88. The molecule has 0 aliphatic carbocycles. The lowest BCUT2D eigenvalue weighted by Crippen LogP contribution is -2.43. The van der Waals surface area contributed by atoms with Crippen LogP contribution in [0.1, 0.15) is 26.7 Å². The quantitative estimate of drug-likeness (QED) is 0.662. The Hall–Kier alpha value is -0.610. The summed E-state index contributed by atoms with van der Waals surface area (Å²) in [4.78, 5) is 13.6. The van der Waals surface area contributed by atoms with E-state index in [1.165, 1.54) is 12.8 Å². The molecule has 4 heteroatoms. The highest BCUT2D eigenvalue weighted by molar-refractivity contribution is 5.77. The van der Waals surface area contributed by atoms with Crippen LogP contribution in [0.3, 0.4) is 0 Å². The lowest BCUT2D eigenvalue weighted by atomic mass is 10.2. The van der Waals surface area contributed by atoms with Crippen LogP contribution in [-0.4, -0.2) is 49.6 Å². The summed E-state index contributed by atoms with van der Waals surface area (Å²) in [6.45, 7) is 8.37. The molecule has 15 heavy (non-hydrogen) atoms. The number of amides is 1. The third kappa shape index (κ3) is 4.62. The Morgan fingerprint density at radius 3 is 2.87 bits per heavy atom. The number of carbonyl (C=O) groups is 1. The number of nitrogens with one attached hydrogen (secondary N) is 2. The SMILES string of the molecule is CCNC(=O)CN(CC)C[C@@H]1CCCN1. The summed E-state index contributed by atoms with van der Waals surface area (Å²) in [6, 6.07) is 0.583. The normalized spacial score (nSPS) is 20.9. The van der Waals surface area contributed by atoms with Crippen LogP contribution in [0.2, 0.25) is 0 Å². The molecule has 88 valence electrons. The lowest BCUT2D eigenvalue weighted by molar-refractivity contribution is -0.122. The number of hydrogen-bond acceptors (Lipinski definition) is 3. The fraction of sp³-hybridized carbons (Fsp3) is 0.909. The van der Waals surface area contributed by atoms with Crippen molar-refractivity contribution in [1.29, 1.82) is 0 Å². The van der Waals surface area contributed by atoms with E-state index in [-0.39, 0.29) is 5.91 Å². The Bertz CT molecular complexity index is 190. The molecule has 0 bridgehead atoms. The summed E-state index contributed by atoms with van der Waals surface area (Å²) < 4.78 is 0. The zero-order valence-electron chi connectivity index (χ0n) is 9.88. The van der Waals surface area contributed by atoms with Crippen LogP contribution >= 0.6 is 0 Å². The van der Waals surface area contributed by atoms with E-state index in [1.54, 1.807) is 0 Å². The number of carbonyl (C=O) groups excluding carboxylic acids is 1. The molecular weight excluding hydrogens is 190 g/mol. The van der Waals surface area contributed by atoms with Gasteiger partial charge in [-0.1, -0.05) is 6.92 Å². The van der Waals surface area contributed by atoms with Crippen molar-refractivity contribution >= 4 is 5.91 Å². The average Bonchev–Trinajstić information content (AvgIpc) is 2.70. The molecule has 0 spiro atoms. The van der Waals surface area contributed by atoms with Gasteiger partial charge in [0.2, 0.25) is 5.91 Å². The maximum Gasteiger partial charge on any atom is 0.234 e. The molecule has 1 saturated heterocycles. The average molecular weight is 213 g/mol. The summed E-state index contributed by atoms with van der Waals surface area (Å²) in [7, 11) is 0. The maximum absolute atomic E-state index is 11.4. The van der Waals surface area contributed by atoms with Gasteiger partial charge in [0.15, 0.2) is 0 Å². The molecule has 0 aromatic carbocycles. The first-order chi connectivity index (χ1) is 7.26. The van der Waals surface area contributed by atoms with E-state index in [0.29, 0.717) is 12.6 Å². The van der Waals surface area contributed by atoms with E-state index in [1.807, 2.05) is 6.92 Å². The van der Waals surface area contributed by atoms with E-state index in [4.69, 9.17) is 0 Å². The molecule has 1 heterocycles. The zero-order chi connectivity index (χ0) is 11.1. The first-order valence-electron chi connectivity index (χ1n) is 5.98. The smallest absolute Gasteiger partial charge is 0.234 e. The van der Waals surface area contributed by atoms with Crippen LogP contribution in [0.15, 0.2) is 0 Å². The summed E-state index contributed by atoms with van der Waals surface area (Å²) in [5, 5.41) is 6.29. The van der Waals surface area contributed by atoms with Gasteiger partial charge in [-0.25, -0.2) is 0 Å². The van der Waals surface area contributed by atoms with E-state index >= 15 is 0 Å². The van der Waals surface area contributed by atoms with Gasteiger partial charge in [0.25, 0.3) is 0 Å². The Morgan fingerprint density at radius 2 is 2.33 bits per heavy atom. The first-order valence-corrected chi connectivity index (χ1v) is 5.98. The van der Waals surface area contributed by atoms with E-state index in [0.717, 1.165) is 26.2 Å². The molecule has 1 amide bonds. The predicted molar refractivity (Wildman–Crippen MR) is 61.8 cm³/mol. The fourth-order valence-corrected chi connectivity index (χ4v) is 1.99. The van der Waals surface area contributed by atoms with Crippen molar-refractivity contribution in [1.82, 2.24) is 15.5 Å². The van der Waals surface area contributed by atoms with Crippen molar-refractivity contribution in [3.05, 3.63) is 0 Å². The molecule has 1 rings (SSSR count). The third-order valence-electron chi connectivity index (χ3n) is 2.83. The summed E-state index contributed by atoms with van der Waals surface area (Å²) in [5.74, 6) is 0.136. The van der Waals surface area contributed by atoms with E-state index in [2.05, 4.69) is 22.5 Å². The Morgan fingerprint density at radius 1 is 1.53 bits per heavy atom. The van der Waals surface area contributed by atoms with Crippen molar-refractivity contribution < 1.29 is 4.79 Å². The Balaban J connectivity index is 2.24. The van der Waals surface area contributed by atoms with Crippen molar-refractivity contribution in [2.24, 2.45) is 0 Å². The van der Waals surface area contributed by atoms with Gasteiger partial charge in [0.05, 0.1) is 6.54 Å². The summed E-state index contributed by atoms with van der Waals surface area (Å²) >= 11 is 0. The lowest BCUT2D eigenvalue weighted by Gasteiger charge is -2.23. The maximum atomic E-state index is 11.4. The molecule has 0 unspecified atom stereocenters. The molecular formula is C11H23N3O. The number of nitrogens with zero attached hydrogens (tertiary/aromatic N) is 1. The van der Waals surface area contributed by atoms with Gasteiger partial charge in [-0.15, -0.1) is 0 Å². The minimum Gasteiger partial charge on any atom is -0.355 e. The third-order valence-corrected chi connectivity index (χ3v) is 2.83. The molecule has 0 saturated carbocycles. The van der Waals surface area contributed by atoms with E-state index in [9.17, 15) is 4.79 Å². The standard InChI is InChI=1S/C11H23N3O/c1-3-12-11(15)9-14(4-2)8-10-6-5-7-13-10/h10,13H,3-9H2,1-2H3,(H,12,15)/t10-/m0/s1. The van der Waals surface area contributed by atoms with Gasteiger partial charge in [-0.05, 0) is 32.9 Å². The molecule has 0 aromatic rings. The van der Waals surface area contributed by atoms with Crippen LogP contribution in [0, 0.1) is 0 Å². The van der Waals surface area contributed by atoms with Crippen molar-refractivity contribution in [2.75, 3.05) is 32.7 Å². The molecule has 1 aliphatic rings. The summed E-state index contributed by atoms with van der Waals surface area (Å²) in [6.07, 6.45) is 2.51. The molecule has 0 radical (unpaired) electrons. The number of likely N-dealkylation sites (N-methyl/N-ethyl adjacent to an activating group) is 2. The van der Waals surface area contributed by atoms with Gasteiger partial charge < -0.3 is 10.6 Å². The van der Waals surface area contributed by atoms with Crippen LogP contribution in [0.4, 0.5) is 0 Å². The van der Waals surface area contributed by atoms with E-state index < -0.39 is 0 Å². The first kappa shape index (κ1) is 12.5. The highest BCUT2D eigenvalue weighted by atomic mass is 16.2. The number of hydrogen-bond donors (Lipinski definition) is 2. The highest BCUT2D eigenvalue weighted by Crippen LogP contribution is 2.06. The number of rotatable bonds is 6. The fourth-order valence-electron chi connectivity index (χ4n) is 1.99. The molecule has 1 aliphatic heterocycles. The topological polar surface area (TPSA) is 44.4 Å². The van der Waals surface area contributed by atoms with Crippen molar-refractivity contribution in [3.8, 4) is 0 Å². The van der Waals surface area contributed by atoms with Crippen LogP contribution in [0.5, 0.6) is 0 Å². The monoisotopic (exact) mass is 213 g/mol. The minimum absolute atomic E-state index is 0.136. The molecule has 2 N–H and O–H groups in total. The van der Waals surface area contributed by atoms with Crippen molar-refractivity contribution in [3.63, 3.8) is 0 Å². The van der Waals surface area contributed by atoms with Crippen LogP contribution < -0.4 is 10.6 Å². The van der Waals surface area contributed by atoms with Gasteiger partial charge in [-0.3, -0.25) is 9.69 Å². The van der Waals surface area contributed by atoms with Crippen molar-refractivity contribution in [2.45, 2.75) is 32.7 Å². The second kappa shape index (κ2) is 6.80. The predicted octanol–water partition coefficient (Wildman–Crippen LogP) is 0.196. The van der Waals surface area contributed by atoms with Crippen LogP contribution in [0.25, 0.3) is 0 Å².